The third kappa shape index (κ3) is 2.38. The lowest BCUT2D eigenvalue weighted by atomic mass is 9.91. The van der Waals surface area contributed by atoms with E-state index in [0.717, 1.165) is 32.8 Å². The monoisotopic (exact) mass is 246 g/mol. The third-order valence-corrected chi connectivity index (χ3v) is 4.04. The zero-order chi connectivity index (χ0) is 12.4. The maximum absolute atomic E-state index is 6.08. The molecule has 2 heterocycles. The van der Waals surface area contributed by atoms with E-state index in [1.807, 2.05) is 0 Å². The number of rotatable bonds is 1. The van der Waals surface area contributed by atoms with Crippen LogP contribution in [0.15, 0.2) is 24.3 Å². The Balaban J connectivity index is 1.77. The lowest BCUT2D eigenvalue weighted by molar-refractivity contribution is -0.0725. The normalized spacial score (nSPS) is 28.6. The molecule has 2 aliphatic rings. The Bertz CT molecular complexity index is 407. The molecule has 0 aliphatic carbocycles. The van der Waals surface area contributed by atoms with Crippen LogP contribution in [0.5, 0.6) is 0 Å². The molecule has 1 N–H and O–H groups in total. The summed E-state index contributed by atoms with van der Waals surface area (Å²) in [6, 6.07) is 8.78. The number of nitrogens with zero attached hydrogens (tertiary/aromatic N) is 1. The topological polar surface area (TPSA) is 24.5 Å². The quantitative estimate of drug-likeness (QED) is 0.819. The minimum atomic E-state index is 0.0419. The largest absolute Gasteiger partial charge is 0.371 e. The second kappa shape index (κ2) is 4.90. The van der Waals surface area contributed by atoms with Crippen molar-refractivity contribution in [2.45, 2.75) is 25.4 Å². The molecule has 2 aliphatic heterocycles. The van der Waals surface area contributed by atoms with Crippen molar-refractivity contribution in [3.8, 4) is 0 Å². The summed E-state index contributed by atoms with van der Waals surface area (Å²) in [5.74, 6) is 0. The van der Waals surface area contributed by atoms with Crippen molar-refractivity contribution in [3.05, 3.63) is 29.8 Å². The Morgan fingerprint density at radius 1 is 1.39 bits per heavy atom. The molecule has 2 fully saturated rings. The highest BCUT2D eigenvalue weighted by Gasteiger charge is 2.37. The molecule has 0 aromatic heterocycles. The zero-order valence-electron chi connectivity index (χ0n) is 11.1. The fourth-order valence-electron chi connectivity index (χ4n) is 3.11. The molecule has 0 amide bonds. The van der Waals surface area contributed by atoms with Crippen LogP contribution < -0.4 is 10.2 Å². The van der Waals surface area contributed by atoms with E-state index in [9.17, 15) is 0 Å². The van der Waals surface area contributed by atoms with Crippen LogP contribution in [0.25, 0.3) is 0 Å². The van der Waals surface area contributed by atoms with Crippen molar-refractivity contribution >= 4 is 5.69 Å². The van der Waals surface area contributed by atoms with Gasteiger partial charge in [-0.25, -0.2) is 0 Å². The van der Waals surface area contributed by atoms with Crippen LogP contribution in [0, 0.1) is 6.92 Å². The van der Waals surface area contributed by atoms with Gasteiger partial charge in [0, 0.05) is 31.9 Å². The smallest absolute Gasteiger partial charge is 0.0981 e. The molecular weight excluding hydrogens is 224 g/mol. The van der Waals surface area contributed by atoms with Crippen LogP contribution in [-0.2, 0) is 4.74 Å². The second-order valence-electron chi connectivity index (χ2n) is 5.57. The van der Waals surface area contributed by atoms with Gasteiger partial charge in [-0.05, 0) is 37.5 Å². The van der Waals surface area contributed by atoms with Gasteiger partial charge in [-0.3, -0.25) is 0 Å². The summed E-state index contributed by atoms with van der Waals surface area (Å²) in [7, 11) is 0. The molecule has 0 unspecified atom stereocenters. The number of hydrogen-bond acceptors (Lipinski definition) is 3. The van der Waals surface area contributed by atoms with Gasteiger partial charge >= 0.3 is 0 Å². The fourth-order valence-corrected chi connectivity index (χ4v) is 3.11. The molecule has 0 bridgehead atoms. The van der Waals surface area contributed by atoms with Gasteiger partial charge in [0.1, 0.15) is 0 Å². The Labute approximate surface area is 109 Å². The van der Waals surface area contributed by atoms with Gasteiger partial charge in [0.2, 0.25) is 0 Å². The summed E-state index contributed by atoms with van der Waals surface area (Å²) < 4.78 is 6.08. The van der Waals surface area contributed by atoms with Crippen LogP contribution in [0.4, 0.5) is 5.69 Å². The number of aryl methyl sites for hydroxylation is 1. The van der Waals surface area contributed by atoms with E-state index in [-0.39, 0.29) is 5.60 Å². The first-order chi connectivity index (χ1) is 8.77. The lowest BCUT2D eigenvalue weighted by Crippen LogP contribution is -2.58. The molecule has 18 heavy (non-hydrogen) atoms. The van der Waals surface area contributed by atoms with Gasteiger partial charge in [0.25, 0.3) is 0 Å². The molecular formula is C15H22N2O. The number of anilines is 1. The highest BCUT2D eigenvalue weighted by molar-refractivity contribution is 5.49. The summed E-state index contributed by atoms with van der Waals surface area (Å²) in [4.78, 5) is 2.48. The molecule has 3 rings (SSSR count). The number of nitrogens with one attached hydrogen (secondary N) is 1. The Hall–Kier alpha value is -1.06. The van der Waals surface area contributed by atoms with Crippen LogP contribution >= 0.6 is 0 Å². The number of ether oxygens (including phenoxy) is 1. The van der Waals surface area contributed by atoms with Crippen LogP contribution in [-0.4, -0.2) is 38.4 Å². The van der Waals surface area contributed by atoms with E-state index in [0.29, 0.717) is 0 Å². The molecule has 1 spiro atoms. The Morgan fingerprint density at radius 2 is 2.33 bits per heavy atom. The second-order valence-corrected chi connectivity index (χ2v) is 5.57. The number of benzene rings is 1. The number of morpholine rings is 1. The lowest BCUT2D eigenvalue weighted by Gasteiger charge is -2.45. The molecule has 98 valence electrons. The molecule has 2 saturated heterocycles. The summed E-state index contributed by atoms with van der Waals surface area (Å²) >= 11 is 0. The first kappa shape index (κ1) is 12.0. The molecule has 0 radical (unpaired) electrons. The van der Waals surface area contributed by atoms with Crippen molar-refractivity contribution in [3.63, 3.8) is 0 Å². The molecule has 3 nitrogen and oxygen atoms in total. The van der Waals surface area contributed by atoms with E-state index >= 15 is 0 Å². The molecule has 1 aromatic rings. The van der Waals surface area contributed by atoms with Gasteiger partial charge in [-0.15, -0.1) is 0 Å². The van der Waals surface area contributed by atoms with E-state index in [1.54, 1.807) is 0 Å². The molecule has 1 aromatic carbocycles. The van der Waals surface area contributed by atoms with Gasteiger partial charge < -0.3 is 15.0 Å². The van der Waals surface area contributed by atoms with Crippen molar-refractivity contribution in [2.24, 2.45) is 0 Å². The molecule has 1 atom stereocenters. The highest BCUT2D eigenvalue weighted by atomic mass is 16.5. The predicted molar refractivity (Wildman–Crippen MR) is 74.2 cm³/mol. The number of hydrogen-bond donors (Lipinski definition) is 1. The summed E-state index contributed by atoms with van der Waals surface area (Å²) in [6.45, 7) is 7.16. The highest BCUT2D eigenvalue weighted by Crippen LogP contribution is 2.29. The van der Waals surface area contributed by atoms with Crippen LogP contribution in [0.3, 0.4) is 0 Å². The van der Waals surface area contributed by atoms with E-state index in [1.165, 1.54) is 24.1 Å². The zero-order valence-corrected chi connectivity index (χ0v) is 11.1. The first-order valence-corrected chi connectivity index (χ1v) is 6.94. The number of piperidine rings is 1. The van der Waals surface area contributed by atoms with E-state index in [4.69, 9.17) is 4.74 Å². The average molecular weight is 246 g/mol. The van der Waals surface area contributed by atoms with Gasteiger partial charge in [0.15, 0.2) is 0 Å². The fraction of sp³-hybridized carbons (Fsp3) is 0.600. The molecule has 3 heteroatoms. The van der Waals surface area contributed by atoms with Crippen molar-refractivity contribution in [1.82, 2.24) is 5.32 Å². The summed E-state index contributed by atoms with van der Waals surface area (Å²) in [5.41, 5.74) is 2.71. The molecule has 0 saturated carbocycles. The summed E-state index contributed by atoms with van der Waals surface area (Å²) in [5, 5.41) is 3.48. The van der Waals surface area contributed by atoms with E-state index in [2.05, 4.69) is 41.4 Å². The third-order valence-electron chi connectivity index (χ3n) is 4.04. The first-order valence-electron chi connectivity index (χ1n) is 6.94. The maximum atomic E-state index is 6.08. The Morgan fingerprint density at radius 3 is 3.11 bits per heavy atom. The van der Waals surface area contributed by atoms with Crippen molar-refractivity contribution in [1.29, 1.82) is 0 Å². The van der Waals surface area contributed by atoms with Gasteiger partial charge in [0.05, 0.1) is 12.2 Å². The van der Waals surface area contributed by atoms with Crippen molar-refractivity contribution in [2.75, 3.05) is 37.7 Å². The predicted octanol–water partition coefficient (Wildman–Crippen LogP) is 1.95. The summed E-state index contributed by atoms with van der Waals surface area (Å²) in [6.07, 6.45) is 2.40. The maximum Gasteiger partial charge on any atom is 0.0981 e. The Kier molecular flexibility index (Phi) is 3.27. The van der Waals surface area contributed by atoms with Gasteiger partial charge in [-0.2, -0.15) is 0 Å². The van der Waals surface area contributed by atoms with Crippen LogP contribution in [0.1, 0.15) is 18.4 Å². The average Bonchev–Trinajstić information content (AvgIpc) is 2.40. The van der Waals surface area contributed by atoms with Gasteiger partial charge in [-0.1, -0.05) is 12.1 Å². The minimum Gasteiger partial charge on any atom is -0.371 e. The standard InChI is InChI=1S/C15H22N2O/c1-13-4-2-5-14(10-13)17-8-3-6-15(12-17)11-16-7-9-18-15/h2,4-5,10,16H,3,6-9,11-12H2,1H3/t15-/m1/s1. The van der Waals surface area contributed by atoms with Crippen molar-refractivity contribution < 1.29 is 4.74 Å². The van der Waals surface area contributed by atoms with E-state index < -0.39 is 0 Å². The minimum absolute atomic E-state index is 0.0419. The van der Waals surface area contributed by atoms with Crippen LogP contribution in [0.2, 0.25) is 0 Å². The SMILES string of the molecule is Cc1cccc(N2CCC[C@@]3(CNCCO3)C2)c1.